The summed E-state index contributed by atoms with van der Waals surface area (Å²) in [5, 5.41) is 3.04. The van der Waals surface area contributed by atoms with Gasteiger partial charge in [-0.15, -0.1) is 0 Å². The summed E-state index contributed by atoms with van der Waals surface area (Å²) in [6, 6.07) is 5.91. The molecule has 1 aliphatic heterocycles. The Morgan fingerprint density at radius 1 is 1.39 bits per heavy atom. The molecule has 0 saturated carbocycles. The van der Waals surface area contributed by atoms with E-state index in [4.69, 9.17) is 4.74 Å². The van der Waals surface area contributed by atoms with Gasteiger partial charge in [0.05, 0.1) is 18.7 Å². The van der Waals surface area contributed by atoms with Gasteiger partial charge in [0, 0.05) is 19.0 Å². The van der Waals surface area contributed by atoms with E-state index in [-0.39, 0.29) is 30.2 Å². The Hall–Kier alpha value is -2.04. The van der Waals surface area contributed by atoms with Crippen molar-refractivity contribution in [3.05, 3.63) is 23.8 Å². The molecule has 5 heteroatoms. The van der Waals surface area contributed by atoms with Gasteiger partial charge in [0.25, 0.3) is 0 Å². The number of nitrogens with one attached hydrogen (secondary N) is 1. The summed E-state index contributed by atoms with van der Waals surface area (Å²) in [7, 11) is 1.59. The normalized spacial score (nSPS) is 17.7. The minimum atomic E-state index is -0.298. The van der Waals surface area contributed by atoms with Crippen molar-refractivity contribution in [3.63, 3.8) is 0 Å². The number of carbonyl (C=O) groups excluding carboxylic acids is 2. The first kappa shape index (κ1) is 17.3. The highest BCUT2D eigenvalue weighted by Crippen LogP contribution is 2.33. The van der Waals surface area contributed by atoms with E-state index in [1.54, 1.807) is 12.0 Å². The van der Waals surface area contributed by atoms with Crippen LogP contribution in [0.15, 0.2) is 18.2 Å². The summed E-state index contributed by atoms with van der Waals surface area (Å²) in [6.45, 7) is 6.49. The Balaban J connectivity index is 2.14. The fourth-order valence-corrected chi connectivity index (χ4v) is 2.94. The molecule has 0 aromatic heterocycles. The molecule has 2 rings (SSSR count). The number of rotatable bonds is 6. The third kappa shape index (κ3) is 3.84. The van der Waals surface area contributed by atoms with Crippen molar-refractivity contribution in [1.82, 2.24) is 5.32 Å². The second-order valence-electron chi connectivity index (χ2n) is 6.10. The summed E-state index contributed by atoms with van der Waals surface area (Å²) >= 11 is 0. The Labute approximate surface area is 138 Å². The zero-order chi connectivity index (χ0) is 17.0. The van der Waals surface area contributed by atoms with Crippen LogP contribution in [0.3, 0.4) is 0 Å². The predicted molar refractivity (Wildman–Crippen MR) is 90.7 cm³/mol. The van der Waals surface area contributed by atoms with Crippen LogP contribution >= 0.6 is 0 Å². The van der Waals surface area contributed by atoms with Crippen LogP contribution < -0.4 is 15.0 Å². The van der Waals surface area contributed by atoms with Crippen LogP contribution in [0.5, 0.6) is 5.75 Å². The first-order valence-electron chi connectivity index (χ1n) is 8.25. The minimum Gasteiger partial charge on any atom is -0.495 e. The lowest BCUT2D eigenvalue weighted by atomic mass is 10.1. The number of hydrogen-bond donors (Lipinski definition) is 1. The molecule has 5 nitrogen and oxygen atoms in total. The number of methoxy groups -OCH3 is 1. The number of anilines is 1. The van der Waals surface area contributed by atoms with Crippen LogP contribution in [0.1, 0.15) is 38.7 Å². The molecule has 1 aliphatic rings. The molecule has 1 aromatic carbocycles. The smallest absolute Gasteiger partial charge is 0.227 e. The van der Waals surface area contributed by atoms with Crippen molar-refractivity contribution in [1.29, 1.82) is 0 Å². The molecule has 1 fully saturated rings. The molecule has 1 heterocycles. The number of aryl methyl sites for hydroxylation is 1. The van der Waals surface area contributed by atoms with Crippen molar-refractivity contribution < 1.29 is 14.3 Å². The van der Waals surface area contributed by atoms with Crippen molar-refractivity contribution in [2.75, 3.05) is 18.6 Å². The van der Waals surface area contributed by atoms with Gasteiger partial charge in [-0.25, -0.2) is 0 Å². The van der Waals surface area contributed by atoms with Crippen molar-refractivity contribution in [2.24, 2.45) is 5.92 Å². The Kier molecular flexibility index (Phi) is 5.64. The average Bonchev–Trinajstić information content (AvgIpc) is 2.94. The number of carbonyl (C=O) groups is 2. The third-order valence-electron chi connectivity index (χ3n) is 4.45. The van der Waals surface area contributed by atoms with Crippen molar-refractivity contribution in [3.8, 4) is 5.75 Å². The van der Waals surface area contributed by atoms with Crippen LogP contribution in [0.25, 0.3) is 0 Å². The highest BCUT2D eigenvalue weighted by atomic mass is 16.5. The molecule has 0 spiro atoms. The van der Waals surface area contributed by atoms with Gasteiger partial charge in [0.2, 0.25) is 11.8 Å². The van der Waals surface area contributed by atoms with E-state index < -0.39 is 0 Å². The predicted octanol–water partition coefficient (Wildman–Crippen LogP) is 2.66. The Bertz CT molecular complexity index is 582. The average molecular weight is 318 g/mol. The second-order valence-corrected chi connectivity index (χ2v) is 6.10. The summed E-state index contributed by atoms with van der Waals surface area (Å²) in [4.78, 5) is 26.5. The van der Waals surface area contributed by atoms with Crippen molar-refractivity contribution in [2.45, 2.75) is 46.1 Å². The van der Waals surface area contributed by atoms with Crippen LogP contribution in [0.2, 0.25) is 0 Å². The molecule has 1 N–H and O–H groups in total. The first-order chi connectivity index (χ1) is 11.0. The van der Waals surface area contributed by atoms with Crippen molar-refractivity contribution >= 4 is 17.5 Å². The number of hydrogen-bond acceptors (Lipinski definition) is 3. The van der Waals surface area contributed by atoms with Gasteiger partial charge < -0.3 is 15.0 Å². The maximum atomic E-state index is 12.4. The van der Waals surface area contributed by atoms with E-state index in [0.717, 1.165) is 24.1 Å². The molecule has 1 aromatic rings. The molecule has 1 unspecified atom stereocenters. The Morgan fingerprint density at radius 3 is 2.70 bits per heavy atom. The maximum absolute atomic E-state index is 12.4. The summed E-state index contributed by atoms with van der Waals surface area (Å²) in [5.74, 6) is 0.304. The van der Waals surface area contributed by atoms with E-state index >= 15 is 0 Å². The second kappa shape index (κ2) is 7.49. The lowest BCUT2D eigenvalue weighted by Crippen LogP contribution is -2.39. The molecule has 1 atom stereocenters. The van der Waals surface area contributed by atoms with E-state index in [0.29, 0.717) is 12.3 Å². The van der Waals surface area contributed by atoms with E-state index in [9.17, 15) is 9.59 Å². The molecule has 23 heavy (non-hydrogen) atoms. The highest BCUT2D eigenvalue weighted by molar-refractivity contribution is 6.01. The lowest BCUT2D eigenvalue weighted by molar-refractivity contribution is -0.127. The van der Waals surface area contributed by atoms with Crippen LogP contribution in [0, 0.1) is 12.8 Å². The van der Waals surface area contributed by atoms with E-state index in [1.165, 1.54) is 0 Å². The summed E-state index contributed by atoms with van der Waals surface area (Å²) < 4.78 is 5.36. The molecule has 0 radical (unpaired) electrons. The van der Waals surface area contributed by atoms with Gasteiger partial charge in [0.15, 0.2) is 0 Å². The number of ether oxygens (including phenoxy) is 1. The largest absolute Gasteiger partial charge is 0.495 e. The molecule has 1 saturated heterocycles. The minimum absolute atomic E-state index is 0.0267. The monoisotopic (exact) mass is 318 g/mol. The van der Waals surface area contributed by atoms with Gasteiger partial charge in [-0.2, -0.15) is 0 Å². The molecule has 126 valence electrons. The highest BCUT2D eigenvalue weighted by Gasteiger charge is 2.36. The zero-order valence-electron chi connectivity index (χ0n) is 14.4. The van der Waals surface area contributed by atoms with Gasteiger partial charge in [-0.3, -0.25) is 9.59 Å². The van der Waals surface area contributed by atoms with Gasteiger partial charge in [-0.05, 0) is 37.5 Å². The third-order valence-corrected chi connectivity index (χ3v) is 4.45. The van der Waals surface area contributed by atoms with Crippen LogP contribution in [-0.2, 0) is 9.59 Å². The number of amides is 2. The first-order valence-corrected chi connectivity index (χ1v) is 8.25. The fraction of sp³-hybridized carbons (Fsp3) is 0.556. The standard InChI is InChI=1S/C18H26N2O3/c1-5-14(6-2)19-18(22)13-10-17(21)20(11-13)15-9-12(3)7-8-16(15)23-4/h7-9,13-14H,5-6,10-11H2,1-4H3,(H,19,22). The van der Waals surface area contributed by atoms with E-state index in [2.05, 4.69) is 19.2 Å². The SMILES string of the molecule is CCC(CC)NC(=O)C1CC(=O)N(c2cc(C)ccc2OC)C1. The fourth-order valence-electron chi connectivity index (χ4n) is 2.94. The number of benzene rings is 1. The Morgan fingerprint density at radius 2 is 2.09 bits per heavy atom. The molecule has 2 amide bonds. The number of nitrogens with zero attached hydrogens (tertiary/aromatic N) is 1. The maximum Gasteiger partial charge on any atom is 0.227 e. The quantitative estimate of drug-likeness (QED) is 0.877. The van der Waals surface area contributed by atoms with Gasteiger partial charge in [0.1, 0.15) is 5.75 Å². The van der Waals surface area contributed by atoms with Crippen LogP contribution in [0.4, 0.5) is 5.69 Å². The van der Waals surface area contributed by atoms with Gasteiger partial charge >= 0.3 is 0 Å². The van der Waals surface area contributed by atoms with Gasteiger partial charge in [-0.1, -0.05) is 19.9 Å². The topological polar surface area (TPSA) is 58.6 Å². The summed E-state index contributed by atoms with van der Waals surface area (Å²) in [5.41, 5.74) is 1.80. The molecule has 0 bridgehead atoms. The summed E-state index contributed by atoms with van der Waals surface area (Å²) in [6.07, 6.45) is 2.06. The molecular formula is C18H26N2O3. The zero-order valence-corrected chi connectivity index (χ0v) is 14.4. The van der Waals surface area contributed by atoms with E-state index in [1.807, 2.05) is 25.1 Å². The molecular weight excluding hydrogens is 292 g/mol. The lowest BCUT2D eigenvalue weighted by Gasteiger charge is -2.21. The van der Waals surface area contributed by atoms with Crippen LogP contribution in [-0.4, -0.2) is 31.5 Å². The molecule has 0 aliphatic carbocycles.